The Bertz CT molecular complexity index is 914. The van der Waals surface area contributed by atoms with Crippen molar-refractivity contribution in [3.8, 4) is 0 Å². The van der Waals surface area contributed by atoms with E-state index in [0.29, 0.717) is 10.8 Å². The van der Waals surface area contributed by atoms with E-state index in [9.17, 15) is 14.4 Å². The van der Waals surface area contributed by atoms with Gasteiger partial charge in [0.1, 0.15) is 5.78 Å². The fraction of sp³-hybridized carbons (Fsp3) is 0.118. The number of hydrogen-bond donors (Lipinski definition) is 0. The van der Waals surface area contributed by atoms with Crippen LogP contribution in [0.25, 0.3) is 21.5 Å². The molecule has 0 amide bonds. The van der Waals surface area contributed by atoms with Crippen molar-refractivity contribution in [1.29, 1.82) is 0 Å². The molecule has 0 saturated heterocycles. The normalized spacial score (nSPS) is 10.9. The van der Waals surface area contributed by atoms with Gasteiger partial charge in [-0.15, -0.1) is 0 Å². The number of Topliss-reactive ketones (excluding diaryl/α,β-unsaturated/α-hetero) is 1. The molecule has 0 aliphatic carbocycles. The second-order valence-corrected chi connectivity index (χ2v) is 4.99. The van der Waals surface area contributed by atoms with Gasteiger partial charge in [0.05, 0.1) is 6.54 Å². The first kappa shape index (κ1) is 13.2. The predicted octanol–water partition coefficient (Wildman–Crippen LogP) is 2.10. The fourth-order valence-electron chi connectivity index (χ4n) is 2.56. The summed E-state index contributed by atoms with van der Waals surface area (Å²) in [6.45, 7) is 1.16. The largest absolute Gasteiger partial charge is 0.298 e. The number of hydrogen-bond acceptors (Lipinski definition) is 3. The monoisotopic (exact) mass is 279 g/mol. The Labute approximate surface area is 120 Å². The molecule has 1 heterocycles. The molecular formula is C17H13NO3. The van der Waals surface area contributed by atoms with Crippen LogP contribution in [0.5, 0.6) is 0 Å². The van der Waals surface area contributed by atoms with Crippen molar-refractivity contribution >= 4 is 27.3 Å². The zero-order valence-electron chi connectivity index (χ0n) is 11.5. The summed E-state index contributed by atoms with van der Waals surface area (Å²) < 4.78 is 1.02. The lowest BCUT2D eigenvalue weighted by Crippen LogP contribution is -2.32. The third-order valence-corrected chi connectivity index (χ3v) is 3.48. The van der Waals surface area contributed by atoms with Gasteiger partial charge >= 0.3 is 0 Å². The van der Waals surface area contributed by atoms with Gasteiger partial charge < -0.3 is 0 Å². The van der Waals surface area contributed by atoms with Crippen molar-refractivity contribution < 1.29 is 4.79 Å². The van der Waals surface area contributed by atoms with Crippen LogP contribution in [0.2, 0.25) is 0 Å². The topological polar surface area (TPSA) is 56.1 Å². The van der Waals surface area contributed by atoms with Gasteiger partial charge in [0.25, 0.3) is 11.1 Å². The molecule has 0 fully saturated rings. The highest BCUT2D eigenvalue weighted by Gasteiger charge is 2.11. The number of nitrogens with zero attached hydrogens (tertiary/aromatic N) is 1. The summed E-state index contributed by atoms with van der Waals surface area (Å²) in [5.74, 6) is -0.228. The maximum atomic E-state index is 12.6. The molecule has 0 radical (unpaired) electrons. The lowest BCUT2D eigenvalue weighted by atomic mass is 10.1. The average molecular weight is 279 g/mol. The maximum absolute atomic E-state index is 12.6. The van der Waals surface area contributed by atoms with Crippen LogP contribution in [-0.2, 0) is 11.3 Å². The molecule has 0 unspecified atom stereocenters. The van der Waals surface area contributed by atoms with E-state index < -0.39 is 11.1 Å². The summed E-state index contributed by atoms with van der Waals surface area (Å²) in [4.78, 5) is 36.6. The number of fused-ring (bicyclic) bond motifs is 3. The van der Waals surface area contributed by atoms with Gasteiger partial charge in [-0.1, -0.05) is 36.4 Å². The zero-order valence-corrected chi connectivity index (χ0v) is 11.5. The molecule has 0 bridgehead atoms. The van der Waals surface area contributed by atoms with Crippen LogP contribution in [0.15, 0.2) is 58.1 Å². The minimum absolute atomic E-state index is 0.208. The zero-order chi connectivity index (χ0) is 15.0. The molecule has 21 heavy (non-hydrogen) atoms. The summed E-state index contributed by atoms with van der Waals surface area (Å²) in [6, 6.07) is 14.2. The van der Waals surface area contributed by atoms with Crippen molar-refractivity contribution in [2.45, 2.75) is 13.5 Å². The van der Waals surface area contributed by atoms with E-state index in [1.54, 1.807) is 24.3 Å². The predicted molar refractivity (Wildman–Crippen MR) is 82.7 cm³/mol. The summed E-state index contributed by atoms with van der Waals surface area (Å²) in [6.07, 6.45) is 0. The number of carbonyl (C=O) groups excluding carboxylic acids is 1. The van der Waals surface area contributed by atoms with Crippen LogP contribution in [0.3, 0.4) is 0 Å². The van der Waals surface area contributed by atoms with Crippen molar-refractivity contribution in [2.24, 2.45) is 0 Å². The minimum atomic E-state index is -0.429. The Morgan fingerprint density at radius 1 is 0.810 bits per heavy atom. The molecule has 4 nitrogen and oxygen atoms in total. The first-order valence-corrected chi connectivity index (χ1v) is 6.63. The standard InChI is InChI=1S/C17H13NO3/c1-11(19)10-18-16(20)14-8-4-2-6-12(14)13-7-3-5-9-15(13)17(18)21/h2-9H,10H2,1H3. The molecule has 3 rings (SSSR count). The number of benzene rings is 2. The lowest BCUT2D eigenvalue weighted by molar-refractivity contribution is -0.117. The molecule has 0 atom stereocenters. The van der Waals surface area contributed by atoms with Gasteiger partial charge in [-0.25, -0.2) is 0 Å². The van der Waals surface area contributed by atoms with E-state index in [0.717, 1.165) is 15.3 Å². The maximum Gasteiger partial charge on any atom is 0.261 e. The van der Waals surface area contributed by atoms with Crippen molar-refractivity contribution in [3.63, 3.8) is 0 Å². The molecule has 0 aliphatic rings. The van der Waals surface area contributed by atoms with Crippen LogP contribution < -0.4 is 11.1 Å². The van der Waals surface area contributed by atoms with E-state index in [1.165, 1.54) is 6.92 Å². The van der Waals surface area contributed by atoms with Gasteiger partial charge in [0.15, 0.2) is 0 Å². The SMILES string of the molecule is CC(=O)Cn1c(=O)c2ccccc2c2ccccc2c1=O. The quantitative estimate of drug-likeness (QED) is 0.722. The van der Waals surface area contributed by atoms with Gasteiger partial charge in [-0.2, -0.15) is 0 Å². The third-order valence-electron chi connectivity index (χ3n) is 3.48. The Balaban J connectivity index is 2.68. The highest BCUT2D eigenvalue weighted by molar-refractivity contribution is 6.05. The number of carbonyl (C=O) groups is 1. The van der Waals surface area contributed by atoms with Crippen LogP contribution in [-0.4, -0.2) is 10.4 Å². The van der Waals surface area contributed by atoms with Crippen molar-refractivity contribution in [1.82, 2.24) is 4.57 Å². The summed E-state index contributed by atoms with van der Waals surface area (Å²) in [7, 11) is 0. The Morgan fingerprint density at radius 3 is 1.57 bits per heavy atom. The first-order chi connectivity index (χ1) is 10.1. The Hall–Kier alpha value is -2.75. The van der Waals surface area contributed by atoms with Crippen molar-refractivity contribution in [3.05, 3.63) is 69.2 Å². The van der Waals surface area contributed by atoms with Gasteiger partial charge in [0.2, 0.25) is 0 Å². The smallest absolute Gasteiger partial charge is 0.261 e. The number of aromatic nitrogens is 1. The molecule has 104 valence electrons. The molecule has 0 aliphatic heterocycles. The van der Waals surface area contributed by atoms with E-state index in [1.807, 2.05) is 24.3 Å². The first-order valence-electron chi connectivity index (χ1n) is 6.63. The fourth-order valence-corrected chi connectivity index (χ4v) is 2.56. The molecule has 0 saturated carbocycles. The average Bonchev–Trinajstić information content (AvgIpc) is 2.58. The molecular weight excluding hydrogens is 266 g/mol. The van der Waals surface area contributed by atoms with Crippen LogP contribution in [0, 0.1) is 0 Å². The Kier molecular flexibility index (Phi) is 3.14. The minimum Gasteiger partial charge on any atom is -0.298 e. The van der Waals surface area contributed by atoms with E-state index >= 15 is 0 Å². The third kappa shape index (κ3) is 2.14. The van der Waals surface area contributed by atoms with E-state index in [2.05, 4.69) is 0 Å². The summed E-state index contributed by atoms with van der Waals surface area (Å²) >= 11 is 0. The molecule has 3 aromatic rings. The number of rotatable bonds is 2. The van der Waals surface area contributed by atoms with E-state index in [4.69, 9.17) is 0 Å². The van der Waals surface area contributed by atoms with Gasteiger partial charge in [0, 0.05) is 10.8 Å². The lowest BCUT2D eigenvalue weighted by Gasteiger charge is -1.98. The Morgan fingerprint density at radius 2 is 1.19 bits per heavy atom. The summed E-state index contributed by atoms with van der Waals surface area (Å²) in [5.41, 5.74) is -0.857. The van der Waals surface area contributed by atoms with Crippen LogP contribution >= 0.6 is 0 Å². The van der Waals surface area contributed by atoms with Crippen molar-refractivity contribution in [2.75, 3.05) is 0 Å². The second kappa shape index (κ2) is 4.98. The molecule has 1 aromatic heterocycles. The van der Waals surface area contributed by atoms with Crippen LogP contribution in [0.4, 0.5) is 0 Å². The summed E-state index contributed by atoms with van der Waals surface area (Å²) in [5, 5.41) is 2.32. The molecule has 4 heteroatoms. The highest BCUT2D eigenvalue weighted by Crippen LogP contribution is 2.18. The van der Waals surface area contributed by atoms with Crippen LogP contribution in [0.1, 0.15) is 6.92 Å². The van der Waals surface area contributed by atoms with Gasteiger partial charge in [-0.3, -0.25) is 19.0 Å². The second-order valence-electron chi connectivity index (χ2n) is 4.99. The number of ketones is 1. The molecule has 0 spiro atoms. The molecule has 0 N–H and O–H groups in total. The highest BCUT2D eigenvalue weighted by atomic mass is 16.2. The molecule has 2 aromatic carbocycles. The van der Waals surface area contributed by atoms with E-state index in [-0.39, 0.29) is 12.3 Å². The van der Waals surface area contributed by atoms with Gasteiger partial charge in [-0.05, 0) is 29.8 Å².